The van der Waals surface area contributed by atoms with E-state index in [1.54, 1.807) is 6.33 Å². The number of aromatic nitrogens is 2. The van der Waals surface area contributed by atoms with Gasteiger partial charge in [-0.05, 0) is 12.8 Å². The number of piperazine rings is 1. The molecule has 1 unspecified atom stereocenters. The van der Waals surface area contributed by atoms with Crippen molar-refractivity contribution in [1.29, 1.82) is 0 Å². The maximum absolute atomic E-state index is 5.73. The fraction of sp³-hybridized carbons (Fsp3) is 0.714. The first kappa shape index (κ1) is 14.2. The van der Waals surface area contributed by atoms with Crippen LogP contribution in [-0.4, -0.2) is 53.6 Å². The maximum atomic E-state index is 5.73. The first-order valence-corrected chi connectivity index (χ1v) is 7.12. The summed E-state index contributed by atoms with van der Waals surface area (Å²) in [6.07, 6.45) is 1.68. The molecule has 0 amide bonds. The average Bonchev–Trinajstić information content (AvgIpc) is 2.46. The molecule has 0 saturated carbocycles. The first-order valence-electron chi connectivity index (χ1n) is 7.12. The maximum Gasteiger partial charge on any atom is 0.132 e. The summed E-state index contributed by atoms with van der Waals surface area (Å²) in [5.74, 6) is 1.50. The highest BCUT2D eigenvalue weighted by Crippen LogP contribution is 2.18. The SMILES string of the molecule is CC(C)c1cc(N2CCN(C(C)CN)CC2)ncn1. The second kappa shape index (κ2) is 6.30. The van der Waals surface area contributed by atoms with Crippen molar-refractivity contribution in [2.45, 2.75) is 32.7 Å². The normalized spacial score (nSPS) is 18.9. The second-order valence-corrected chi connectivity index (χ2v) is 5.56. The molecule has 1 aliphatic rings. The highest BCUT2D eigenvalue weighted by molar-refractivity contribution is 5.40. The van der Waals surface area contributed by atoms with Gasteiger partial charge in [-0.1, -0.05) is 13.8 Å². The number of nitrogens with two attached hydrogens (primary N) is 1. The number of rotatable bonds is 4. The number of anilines is 1. The zero-order valence-corrected chi connectivity index (χ0v) is 12.2. The van der Waals surface area contributed by atoms with Crippen molar-refractivity contribution in [2.24, 2.45) is 5.73 Å². The molecule has 5 heteroatoms. The van der Waals surface area contributed by atoms with Crippen molar-refractivity contribution in [3.05, 3.63) is 18.1 Å². The summed E-state index contributed by atoms with van der Waals surface area (Å²) < 4.78 is 0. The monoisotopic (exact) mass is 263 g/mol. The molecule has 2 heterocycles. The summed E-state index contributed by atoms with van der Waals surface area (Å²) in [5.41, 5.74) is 6.84. The van der Waals surface area contributed by atoms with Crippen molar-refractivity contribution < 1.29 is 0 Å². The van der Waals surface area contributed by atoms with Crippen LogP contribution >= 0.6 is 0 Å². The molecular weight excluding hydrogens is 238 g/mol. The first-order chi connectivity index (χ1) is 9.11. The van der Waals surface area contributed by atoms with Crippen LogP contribution in [0.15, 0.2) is 12.4 Å². The van der Waals surface area contributed by atoms with Gasteiger partial charge < -0.3 is 10.6 Å². The summed E-state index contributed by atoms with van der Waals surface area (Å²) in [7, 11) is 0. The van der Waals surface area contributed by atoms with Gasteiger partial charge in [0.1, 0.15) is 12.1 Å². The Hall–Kier alpha value is -1.20. The molecular formula is C14H25N5. The molecule has 1 aromatic heterocycles. The zero-order valence-electron chi connectivity index (χ0n) is 12.2. The molecule has 1 aromatic rings. The topological polar surface area (TPSA) is 58.3 Å². The van der Waals surface area contributed by atoms with E-state index < -0.39 is 0 Å². The van der Waals surface area contributed by atoms with Gasteiger partial charge in [0.2, 0.25) is 0 Å². The van der Waals surface area contributed by atoms with Crippen molar-refractivity contribution in [1.82, 2.24) is 14.9 Å². The van der Waals surface area contributed by atoms with Crippen molar-refractivity contribution in [3.63, 3.8) is 0 Å². The zero-order chi connectivity index (χ0) is 13.8. The number of hydrogen-bond acceptors (Lipinski definition) is 5. The number of hydrogen-bond donors (Lipinski definition) is 1. The predicted octanol–water partition coefficient (Wildman–Crippen LogP) is 1.07. The fourth-order valence-corrected chi connectivity index (χ4v) is 2.39. The Kier molecular flexibility index (Phi) is 4.71. The van der Waals surface area contributed by atoms with Gasteiger partial charge in [-0.2, -0.15) is 0 Å². The molecule has 0 bridgehead atoms. The van der Waals surface area contributed by atoms with Gasteiger partial charge in [0, 0.05) is 50.5 Å². The lowest BCUT2D eigenvalue weighted by atomic mass is 10.1. The Balaban J connectivity index is 1.99. The molecule has 0 spiro atoms. The predicted molar refractivity (Wildman–Crippen MR) is 78.4 cm³/mol. The summed E-state index contributed by atoms with van der Waals surface area (Å²) in [6, 6.07) is 2.59. The van der Waals surface area contributed by atoms with Crippen molar-refractivity contribution in [3.8, 4) is 0 Å². The van der Waals surface area contributed by atoms with Gasteiger partial charge in [-0.25, -0.2) is 9.97 Å². The van der Waals surface area contributed by atoms with E-state index in [9.17, 15) is 0 Å². The lowest BCUT2D eigenvalue weighted by Gasteiger charge is -2.38. The van der Waals surface area contributed by atoms with Gasteiger partial charge in [-0.15, -0.1) is 0 Å². The van der Waals surface area contributed by atoms with Crippen molar-refractivity contribution in [2.75, 3.05) is 37.6 Å². The van der Waals surface area contributed by atoms with Crippen LogP contribution in [-0.2, 0) is 0 Å². The van der Waals surface area contributed by atoms with E-state index in [0.29, 0.717) is 12.0 Å². The van der Waals surface area contributed by atoms with Gasteiger partial charge in [-0.3, -0.25) is 4.90 Å². The Bertz CT molecular complexity index is 399. The quantitative estimate of drug-likeness (QED) is 0.880. The van der Waals surface area contributed by atoms with Crippen LogP contribution < -0.4 is 10.6 Å². The molecule has 1 atom stereocenters. The minimum absolute atomic E-state index is 0.445. The van der Waals surface area contributed by atoms with E-state index in [0.717, 1.165) is 44.2 Å². The van der Waals surface area contributed by atoms with Gasteiger partial charge in [0.15, 0.2) is 0 Å². The molecule has 0 aromatic carbocycles. The minimum atomic E-state index is 0.445. The van der Waals surface area contributed by atoms with Crippen LogP contribution in [0.4, 0.5) is 5.82 Å². The third kappa shape index (κ3) is 3.42. The van der Waals surface area contributed by atoms with Gasteiger partial charge in [0.25, 0.3) is 0 Å². The molecule has 5 nitrogen and oxygen atoms in total. The second-order valence-electron chi connectivity index (χ2n) is 5.56. The fourth-order valence-electron chi connectivity index (χ4n) is 2.39. The standard InChI is InChI=1S/C14H25N5/c1-11(2)13-8-14(17-10-16-13)19-6-4-18(5-7-19)12(3)9-15/h8,10-12H,4-7,9,15H2,1-3H3. The minimum Gasteiger partial charge on any atom is -0.354 e. The van der Waals surface area contributed by atoms with Crippen LogP contribution in [0.3, 0.4) is 0 Å². The summed E-state index contributed by atoms with van der Waals surface area (Å²) in [6.45, 7) is 11.4. The van der Waals surface area contributed by atoms with Crippen molar-refractivity contribution >= 4 is 5.82 Å². The van der Waals surface area contributed by atoms with Crippen LogP contribution in [0.1, 0.15) is 32.4 Å². The van der Waals surface area contributed by atoms with Crippen LogP contribution in [0, 0.1) is 0 Å². The van der Waals surface area contributed by atoms with E-state index in [2.05, 4.69) is 46.6 Å². The highest BCUT2D eigenvalue weighted by atomic mass is 15.3. The van der Waals surface area contributed by atoms with E-state index in [1.807, 2.05) is 0 Å². The Morgan fingerprint density at radius 3 is 2.42 bits per heavy atom. The van der Waals surface area contributed by atoms with E-state index >= 15 is 0 Å². The van der Waals surface area contributed by atoms with Gasteiger partial charge >= 0.3 is 0 Å². The molecule has 1 aliphatic heterocycles. The van der Waals surface area contributed by atoms with Gasteiger partial charge in [0.05, 0.1) is 0 Å². The lowest BCUT2D eigenvalue weighted by Crippen LogP contribution is -2.51. The molecule has 2 rings (SSSR count). The third-order valence-corrected chi connectivity index (χ3v) is 3.87. The summed E-state index contributed by atoms with van der Waals surface area (Å²) >= 11 is 0. The van der Waals surface area contributed by atoms with Crippen LogP contribution in [0.25, 0.3) is 0 Å². The highest BCUT2D eigenvalue weighted by Gasteiger charge is 2.21. The summed E-state index contributed by atoms with van der Waals surface area (Å²) in [5, 5.41) is 0. The molecule has 1 fully saturated rings. The van der Waals surface area contributed by atoms with E-state index in [-0.39, 0.29) is 0 Å². The molecule has 0 aliphatic carbocycles. The Labute approximate surface area is 115 Å². The summed E-state index contributed by atoms with van der Waals surface area (Å²) in [4.78, 5) is 13.5. The molecule has 2 N–H and O–H groups in total. The Morgan fingerprint density at radius 1 is 1.16 bits per heavy atom. The number of nitrogens with zero attached hydrogens (tertiary/aromatic N) is 4. The Morgan fingerprint density at radius 2 is 1.84 bits per heavy atom. The van der Waals surface area contributed by atoms with Crippen LogP contribution in [0.5, 0.6) is 0 Å². The molecule has 1 saturated heterocycles. The molecule has 106 valence electrons. The van der Waals surface area contributed by atoms with Crippen LogP contribution in [0.2, 0.25) is 0 Å². The van der Waals surface area contributed by atoms with E-state index in [1.165, 1.54) is 0 Å². The average molecular weight is 263 g/mol. The third-order valence-electron chi connectivity index (χ3n) is 3.87. The molecule has 0 radical (unpaired) electrons. The molecule has 19 heavy (non-hydrogen) atoms. The lowest BCUT2D eigenvalue weighted by molar-refractivity contribution is 0.201. The largest absolute Gasteiger partial charge is 0.354 e. The smallest absolute Gasteiger partial charge is 0.132 e. The van der Waals surface area contributed by atoms with E-state index in [4.69, 9.17) is 5.73 Å².